The number of methoxy groups -OCH3 is 1. The van der Waals surface area contributed by atoms with Gasteiger partial charge in [-0.1, -0.05) is 18.2 Å². The number of nitrogens with zero attached hydrogens (tertiary/aromatic N) is 2. The van der Waals surface area contributed by atoms with E-state index in [2.05, 4.69) is 16.8 Å². The zero-order chi connectivity index (χ0) is 19.1. The van der Waals surface area contributed by atoms with Gasteiger partial charge in [0.1, 0.15) is 11.8 Å². The molecule has 0 unspecified atom stereocenters. The van der Waals surface area contributed by atoms with Crippen LogP contribution in [0.3, 0.4) is 0 Å². The van der Waals surface area contributed by atoms with Crippen molar-refractivity contribution in [3.8, 4) is 17.2 Å². The lowest BCUT2D eigenvalue weighted by molar-refractivity contribution is 0.0661. The zero-order valence-electron chi connectivity index (χ0n) is 15.5. The summed E-state index contributed by atoms with van der Waals surface area (Å²) in [4.78, 5) is 15.4. The SMILES string of the molecule is COc1ccccc1[C@H]1c2cccn2CCN1C(=O)c1ccc2c(c1)OCO2. The largest absolute Gasteiger partial charge is 0.496 e. The van der Waals surface area contributed by atoms with Crippen molar-refractivity contribution in [1.29, 1.82) is 0 Å². The summed E-state index contributed by atoms with van der Waals surface area (Å²) in [6.07, 6.45) is 2.06. The Hall–Kier alpha value is -3.41. The molecule has 5 rings (SSSR count). The Balaban J connectivity index is 1.58. The minimum atomic E-state index is -0.224. The number of hydrogen-bond donors (Lipinski definition) is 0. The number of carbonyl (C=O) groups is 1. The number of benzene rings is 2. The van der Waals surface area contributed by atoms with Crippen molar-refractivity contribution in [2.45, 2.75) is 12.6 Å². The van der Waals surface area contributed by atoms with E-state index in [1.165, 1.54) is 0 Å². The Kier molecular flexibility index (Phi) is 3.97. The summed E-state index contributed by atoms with van der Waals surface area (Å²) in [5.74, 6) is 2.01. The molecule has 3 aromatic rings. The third kappa shape index (κ3) is 2.60. The maximum absolute atomic E-state index is 13.5. The lowest BCUT2D eigenvalue weighted by Gasteiger charge is -2.38. The molecule has 142 valence electrons. The Morgan fingerprint density at radius 3 is 2.79 bits per heavy atom. The summed E-state index contributed by atoms with van der Waals surface area (Å²) in [6, 6.07) is 17.1. The monoisotopic (exact) mass is 376 g/mol. The summed E-state index contributed by atoms with van der Waals surface area (Å²) >= 11 is 0. The van der Waals surface area contributed by atoms with Gasteiger partial charge in [0.25, 0.3) is 5.91 Å². The first-order valence-corrected chi connectivity index (χ1v) is 9.25. The maximum atomic E-state index is 13.5. The highest BCUT2D eigenvalue weighted by atomic mass is 16.7. The van der Waals surface area contributed by atoms with E-state index in [1.54, 1.807) is 25.3 Å². The standard InChI is InChI=1S/C22H20N2O4/c1-26-18-7-3-2-5-16(18)21-17-6-4-10-23(17)11-12-24(21)22(25)15-8-9-19-20(13-15)28-14-27-19/h2-10,13,21H,11-12,14H2,1H3/t21-/m0/s1. The predicted molar refractivity (Wildman–Crippen MR) is 103 cm³/mol. The average Bonchev–Trinajstić information content (AvgIpc) is 3.41. The van der Waals surface area contributed by atoms with Crippen LogP contribution in [0, 0.1) is 0 Å². The van der Waals surface area contributed by atoms with Gasteiger partial charge in [-0.05, 0) is 36.4 Å². The summed E-state index contributed by atoms with van der Waals surface area (Å²) in [6.45, 7) is 1.55. The minimum Gasteiger partial charge on any atom is -0.496 e. The Morgan fingerprint density at radius 1 is 1.04 bits per heavy atom. The van der Waals surface area contributed by atoms with Crippen molar-refractivity contribution < 1.29 is 19.0 Å². The second kappa shape index (κ2) is 6.64. The van der Waals surface area contributed by atoms with E-state index >= 15 is 0 Å². The Bertz CT molecular complexity index is 1040. The molecule has 1 amide bonds. The first-order chi connectivity index (χ1) is 13.8. The van der Waals surface area contributed by atoms with Gasteiger partial charge >= 0.3 is 0 Å². The molecule has 0 saturated heterocycles. The number of ether oxygens (including phenoxy) is 3. The normalized spacial score (nSPS) is 17.3. The van der Waals surface area contributed by atoms with Gasteiger partial charge in [-0.25, -0.2) is 0 Å². The van der Waals surface area contributed by atoms with Crippen molar-refractivity contribution in [1.82, 2.24) is 9.47 Å². The molecule has 3 heterocycles. The molecule has 0 N–H and O–H groups in total. The van der Waals surface area contributed by atoms with Crippen LogP contribution in [0.5, 0.6) is 17.2 Å². The molecule has 28 heavy (non-hydrogen) atoms. The van der Waals surface area contributed by atoms with Crippen molar-refractivity contribution in [3.05, 3.63) is 77.6 Å². The first-order valence-electron chi connectivity index (χ1n) is 9.25. The van der Waals surface area contributed by atoms with Gasteiger partial charge < -0.3 is 23.7 Å². The number of fused-ring (bicyclic) bond motifs is 2. The lowest BCUT2D eigenvalue weighted by atomic mass is 9.97. The van der Waals surface area contributed by atoms with Crippen molar-refractivity contribution in [2.24, 2.45) is 0 Å². The van der Waals surface area contributed by atoms with Gasteiger partial charge in [-0.2, -0.15) is 0 Å². The number of rotatable bonds is 3. The molecule has 1 atom stereocenters. The Morgan fingerprint density at radius 2 is 1.89 bits per heavy atom. The highest BCUT2D eigenvalue weighted by molar-refractivity contribution is 5.95. The fourth-order valence-electron chi connectivity index (χ4n) is 4.02. The molecular weight excluding hydrogens is 356 g/mol. The van der Waals surface area contributed by atoms with E-state index in [-0.39, 0.29) is 18.7 Å². The fraction of sp³-hybridized carbons (Fsp3) is 0.227. The number of para-hydroxylation sites is 1. The van der Waals surface area contributed by atoms with E-state index in [4.69, 9.17) is 14.2 Å². The predicted octanol–water partition coefficient (Wildman–Crippen LogP) is 3.47. The van der Waals surface area contributed by atoms with E-state index < -0.39 is 0 Å². The third-order valence-corrected chi connectivity index (χ3v) is 5.35. The zero-order valence-corrected chi connectivity index (χ0v) is 15.5. The molecule has 0 spiro atoms. The fourth-order valence-corrected chi connectivity index (χ4v) is 4.02. The average molecular weight is 376 g/mol. The molecule has 6 heteroatoms. The van der Waals surface area contributed by atoms with Crippen LogP contribution in [0.4, 0.5) is 0 Å². The maximum Gasteiger partial charge on any atom is 0.254 e. The molecule has 1 aromatic heterocycles. The molecule has 6 nitrogen and oxygen atoms in total. The first kappa shape index (κ1) is 16.7. The van der Waals surface area contributed by atoms with Crippen LogP contribution in [0.15, 0.2) is 60.8 Å². The van der Waals surface area contributed by atoms with Gasteiger partial charge in [0.05, 0.1) is 7.11 Å². The van der Waals surface area contributed by atoms with Gasteiger partial charge in [0.15, 0.2) is 11.5 Å². The number of amides is 1. The van der Waals surface area contributed by atoms with Gasteiger partial charge in [-0.3, -0.25) is 4.79 Å². The van der Waals surface area contributed by atoms with Gasteiger partial charge in [-0.15, -0.1) is 0 Å². The molecule has 2 aliphatic heterocycles. The minimum absolute atomic E-state index is 0.0401. The van der Waals surface area contributed by atoms with E-state index in [9.17, 15) is 4.79 Å². The summed E-state index contributed by atoms with van der Waals surface area (Å²) < 4.78 is 18.6. The smallest absolute Gasteiger partial charge is 0.254 e. The molecule has 0 radical (unpaired) electrons. The summed E-state index contributed by atoms with van der Waals surface area (Å²) in [5.41, 5.74) is 2.63. The number of hydrogen-bond acceptors (Lipinski definition) is 4. The van der Waals surface area contributed by atoms with Crippen molar-refractivity contribution in [3.63, 3.8) is 0 Å². The quantitative estimate of drug-likeness (QED) is 0.702. The molecule has 2 aliphatic rings. The molecule has 0 bridgehead atoms. The Labute approximate surface area is 162 Å². The highest BCUT2D eigenvalue weighted by Crippen LogP contribution is 2.39. The van der Waals surface area contributed by atoms with Crippen molar-refractivity contribution in [2.75, 3.05) is 20.4 Å². The highest BCUT2D eigenvalue weighted by Gasteiger charge is 2.34. The van der Waals surface area contributed by atoms with Gasteiger partial charge in [0, 0.05) is 36.1 Å². The van der Waals surface area contributed by atoms with Crippen molar-refractivity contribution >= 4 is 5.91 Å². The molecular formula is C22H20N2O4. The summed E-state index contributed by atoms with van der Waals surface area (Å²) in [5, 5.41) is 0. The lowest BCUT2D eigenvalue weighted by Crippen LogP contribution is -2.42. The van der Waals surface area contributed by atoms with Crippen LogP contribution >= 0.6 is 0 Å². The van der Waals surface area contributed by atoms with Crippen LogP contribution in [-0.4, -0.2) is 35.8 Å². The van der Waals surface area contributed by atoms with E-state index in [1.807, 2.05) is 35.2 Å². The number of carbonyl (C=O) groups excluding carboxylic acids is 1. The topological polar surface area (TPSA) is 52.9 Å². The van der Waals surface area contributed by atoms with E-state index in [0.29, 0.717) is 23.6 Å². The number of aromatic nitrogens is 1. The summed E-state index contributed by atoms with van der Waals surface area (Å²) in [7, 11) is 1.66. The molecule has 0 fully saturated rings. The van der Waals surface area contributed by atoms with Crippen LogP contribution in [0.25, 0.3) is 0 Å². The van der Waals surface area contributed by atoms with Crippen LogP contribution in [0.2, 0.25) is 0 Å². The van der Waals surface area contributed by atoms with Gasteiger partial charge in [0.2, 0.25) is 6.79 Å². The van der Waals surface area contributed by atoms with Crippen LogP contribution < -0.4 is 14.2 Å². The second-order valence-corrected chi connectivity index (χ2v) is 6.84. The molecule has 0 aliphatic carbocycles. The second-order valence-electron chi connectivity index (χ2n) is 6.84. The molecule has 0 saturated carbocycles. The van der Waals surface area contributed by atoms with E-state index in [0.717, 1.165) is 23.6 Å². The van der Waals surface area contributed by atoms with Crippen LogP contribution in [0.1, 0.15) is 27.7 Å². The van der Waals surface area contributed by atoms with Crippen LogP contribution in [-0.2, 0) is 6.54 Å². The third-order valence-electron chi connectivity index (χ3n) is 5.35. The molecule has 2 aromatic carbocycles.